The summed E-state index contributed by atoms with van der Waals surface area (Å²) in [6.07, 6.45) is 5.13. The fourth-order valence-corrected chi connectivity index (χ4v) is 0.614. The number of halogens is 2. The van der Waals surface area contributed by atoms with Crippen molar-refractivity contribution in [2.24, 2.45) is 0 Å². The van der Waals surface area contributed by atoms with Gasteiger partial charge in [0.15, 0.2) is 0 Å². The molecule has 2 heteroatoms. The van der Waals surface area contributed by atoms with Crippen LogP contribution in [0.4, 0.5) is 8.78 Å². The van der Waals surface area contributed by atoms with Gasteiger partial charge in [0.1, 0.15) is 11.7 Å². The third-order valence-corrected chi connectivity index (χ3v) is 1.29. The molecule has 0 radical (unpaired) electrons. The maximum Gasteiger partial charge on any atom is 0.129 e. The molecule has 0 aromatic carbocycles. The zero-order chi connectivity index (χ0) is 9.56. The third kappa shape index (κ3) is 3.28. The van der Waals surface area contributed by atoms with Crippen LogP contribution in [0.5, 0.6) is 0 Å². The quantitative estimate of drug-likeness (QED) is 0.564. The van der Waals surface area contributed by atoms with Crippen LogP contribution in [-0.2, 0) is 0 Å². The van der Waals surface area contributed by atoms with Crippen LogP contribution in [-0.4, -0.2) is 0 Å². The van der Waals surface area contributed by atoms with Gasteiger partial charge in [0, 0.05) is 5.57 Å². The number of hydrogen-bond acceptors (Lipinski definition) is 0. The predicted molar refractivity (Wildman–Crippen MR) is 48.0 cm³/mol. The van der Waals surface area contributed by atoms with E-state index in [9.17, 15) is 8.78 Å². The molecule has 12 heavy (non-hydrogen) atoms. The lowest BCUT2D eigenvalue weighted by molar-refractivity contribution is 0.610. The molecule has 0 saturated heterocycles. The fourth-order valence-electron chi connectivity index (χ4n) is 0.614. The van der Waals surface area contributed by atoms with E-state index in [-0.39, 0.29) is 5.57 Å². The van der Waals surface area contributed by atoms with Crippen LogP contribution in [0, 0.1) is 0 Å². The highest BCUT2D eigenvalue weighted by atomic mass is 19.1. The van der Waals surface area contributed by atoms with Gasteiger partial charge in [-0.3, -0.25) is 0 Å². The first kappa shape index (κ1) is 10.8. The highest BCUT2D eigenvalue weighted by Crippen LogP contribution is 2.17. The van der Waals surface area contributed by atoms with Gasteiger partial charge in [-0.25, -0.2) is 8.78 Å². The van der Waals surface area contributed by atoms with Gasteiger partial charge in [0.25, 0.3) is 0 Å². The summed E-state index contributed by atoms with van der Waals surface area (Å²) in [5.41, 5.74) is -0.00648. The number of allylic oxidation sites excluding steroid dienone is 7. The Morgan fingerprint density at radius 2 is 1.92 bits per heavy atom. The molecule has 0 bridgehead atoms. The minimum absolute atomic E-state index is 0.00648. The molecule has 66 valence electrons. The molecule has 0 aliphatic carbocycles. The summed E-state index contributed by atoms with van der Waals surface area (Å²) in [6, 6.07) is 0. The summed E-state index contributed by atoms with van der Waals surface area (Å²) in [4.78, 5) is 0. The van der Waals surface area contributed by atoms with Crippen LogP contribution in [0.25, 0.3) is 0 Å². The van der Waals surface area contributed by atoms with Gasteiger partial charge < -0.3 is 0 Å². The van der Waals surface area contributed by atoms with E-state index in [1.54, 1.807) is 6.92 Å². The Hall–Kier alpha value is -1.18. The summed E-state index contributed by atoms with van der Waals surface area (Å²) in [6.45, 7) is 6.36. The molecule has 0 heterocycles. The number of hydrogen-bond donors (Lipinski definition) is 0. The number of rotatable bonds is 3. The van der Waals surface area contributed by atoms with Crippen LogP contribution >= 0.6 is 0 Å². The maximum atomic E-state index is 12.8. The Morgan fingerprint density at radius 3 is 2.33 bits per heavy atom. The second kappa shape index (κ2) is 5.47. The monoisotopic (exact) mass is 170 g/mol. The van der Waals surface area contributed by atoms with E-state index >= 15 is 0 Å². The van der Waals surface area contributed by atoms with Crippen molar-refractivity contribution in [1.82, 2.24) is 0 Å². The Bertz CT molecular complexity index is 245. The van der Waals surface area contributed by atoms with E-state index in [1.165, 1.54) is 25.2 Å². The molecular formula is C10H12F2. The third-order valence-electron chi connectivity index (χ3n) is 1.29. The maximum absolute atomic E-state index is 12.8. The van der Waals surface area contributed by atoms with E-state index in [2.05, 4.69) is 6.58 Å². The molecule has 0 aromatic heterocycles. The van der Waals surface area contributed by atoms with E-state index < -0.39 is 11.7 Å². The van der Waals surface area contributed by atoms with Gasteiger partial charge >= 0.3 is 0 Å². The fraction of sp³-hybridized carbons (Fsp3) is 0.200. The first-order valence-corrected chi connectivity index (χ1v) is 3.61. The van der Waals surface area contributed by atoms with Gasteiger partial charge in [-0.1, -0.05) is 18.7 Å². The lowest BCUT2D eigenvalue weighted by Crippen LogP contribution is -1.80. The summed E-state index contributed by atoms with van der Waals surface area (Å²) < 4.78 is 25.7. The van der Waals surface area contributed by atoms with E-state index in [0.717, 1.165) is 6.08 Å². The van der Waals surface area contributed by atoms with Gasteiger partial charge in [0.05, 0.1) is 0 Å². The summed E-state index contributed by atoms with van der Waals surface area (Å²) in [5, 5.41) is 0. The minimum Gasteiger partial charge on any atom is -0.207 e. The van der Waals surface area contributed by atoms with Crippen molar-refractivity contribution in [3.8, 4) is 0 Å². The van der Waals surface area contributed by atoms with Crippen LogP contribution in [0.3, 0.4) is 0 Å². The zero-order valence-corrected chi connectivity index (χ0v) is 7.27. The smallest absolute Gasteiger partial charge is 0.129 e. The van der Waals surface area contributed by atoms with Crippen molar-refractivity contribution < 1.29 is 8.78 Å². The van der Waals surface area contributed by atoms with Crippen molar-refractivity contribution in [3.63, 3.8) is 0 Å². The Labute approximate surface area is 71.6 Å². The zero-order valence-electron chi connectivity index (χ0n) is 7.27. The van der Waals surface area contributed by atoms with Crippen molar-refractivity contribution in [3.05, 3.63) is 48.1 Å². The standard InChI is InChI=1S/C10H12F2/c1-4-6-9(11)8(3)10(12)7-5-2/h4-7H,1H2,2-3H3/b7-5-,9-6+,10-8+. The Balaban J connectivity index is 4.76. The highest BCUT2D eigenvalue weighted by Gasteiger charge is 2.02. The first-order chi connectivity index (χ1) is 5.63. The van der Waals surface area contributed by atoms with Crippen molar-refractivity contribution in [1.29, 1.82) is 0 Å². The Kier molecular flexibility index (Phi) is 4.93. The first-order valence-electron chi connectivity index (χ1n) is 3.61. The summed E-state index contributed by atoms with van der Waals surface area (Å²) in [5.74, 6) is -1.16. The SMILES string of the molecule is C=C\C=C(F)/C(C)=C(F)\C=C/C. The van der Waals surface area contributed by atoms with Crippen LogP contribution < -0.4 is 0 Å². The molecule has 0 spiro atoms. The average molecular weight is 170 g/mol. The largest absolute Gasteiger partial charge is 0.207 e. The van der Waals surface area contributed by atoms with Crippen molar-refractivity contribution in [2.75, 3.05) is 0 Å². The topological polar surface area (TPSA) is 0 Å². The molecule has 0 amide bonds. The van der Waals surface area contributed by atoms with Crippen LogP contribution in [0.1, 0.15) is 13.8 Å². The molecule has 0 aliphatic heterocycles. The van der Waals surface area contributed by atoms with E-state index in [0.29, 0.717) is 0 Å². The molecule has 0 rings (SSSR count). The van der Waals surface area contributed by atoms with E-state index in [1.807, 2.05) is 0 Å². The molecule has 0 atom stereocenters. The molecule has 0 nitrogen and oxygen atoms in total. The predicted octanol–water partition coefficient (Wildman–Crippen LogP) is 3.85. The van der Waals surface area contributed by atoms with Crippen molar-refractivity contribution >= 4 is 0 Å². The highest BCUT2D eigenvalue weighted by molar-refractivity contribution is 5.32. The molecule has 0 saturated carbocycles. The second-order valence-electron chi connectivity index (χ2n) is 2.22. The second-order valence-corrected chi connectivity index (χ2v) is 2.22. The summed E-state index contributed by atoms with van der Waals surface area (Å²) >= 11 is 0. The Morgan fingerprint density at radius 1 is 1.33 bits per heavy atom. The lowest BCUT2D eigenvalue weighted by Gasteiger charge is -1.96. The molecule has 0 fully saturated rings. The van der Waals surface area contributed by atoms with Crippen LogP contribution in [0.2, 0.25) is 0 Å². The van der Waals surface area contributed by atoms with E-state index in [4.69, 9.17) is 0 Å². The molecule has 0 aromatic rings. The van der Waals surface area contributed by atoms with Gasteiger partial charge in [-0.05, 0) is 26.0 Å². The van der Waals surface area contributed by atoms with Crippen LogP contribution in [0.15, 0.2) is 48.1 Å². The average Bonchev–Trinajstić information content (AvgIpc) is 2.04. The lowest BCUT2D eigenvalue weighted by atomic mass is 10.2. The molecular weight excluding hydrogens is 158 g/mol. The molecule has 0 unspecified atom stereocenters. The molecule has 0 aliphatic rings. The van der Waals surface area contributed by atoms with Gasteiger partial charge in [0.2, 0.25) is 0 Å². The van der Waals surface area contributed by atoms with Gasteiger partial charge in [-0.15, -0.1) is 0 Å². The summed E-state index contributed by atoms with van der Waals surface area (Å²) in [7, 11) is 0. The molecule has 0 N–H and O–H groups in total. The van der Waals surface area contributed by atoms with Gasteiger partial charge in [-0.2, -0.15) is 0 Å². The van der Waals surface area contributed by atoms with Crippen molar-refractivity contribution in [2.45, 2.75) is 13.8 Å². The normalized spacial score (nSPS) is 14.8. The minimum atomic E-state index is -0.597.